The van der Waals surface area contributed by atoms with E-state index < -0.39 is 0 Å². The maximum absolute atomic E-state index is 11.6. The van der Waals surface area contributed by atoms with Crippen molar-refractivity contribution in [2.24, 2.45) is 0 Å². The molecule has 3 heteroatoms. The second kappa shape index (κ2) is 7.74. The van der Waals surface area contributed by atoms with Crippen LogP contribution in [0.25, 0.3) is 0 Å². The van der Waals surface area contributed by atoms with Crippen LogP contribution in [-0.4, -0.2) is 12.5 Å². The van der Waals surface area contributed by atoms with Crippen LogP contribution in [0.15, 0.2) is 18.2 Å². The lowest BCUT2D eigenvalue weighted by Gasteiger charge is -2.07. The van der Waals surface area contributed by atoms with E-state index in [9.17, 15) is 4.79 Å². The summed E-state index contributed by atoms with van der Waals surface area (Å²) in [6, 6.07) is 5.36. The molecule has 0 saturated carbocycles. The predicted octanol–water partition coefficient (Wildman–Crippen LogP) is 2.74. The average Bonchev–Trinajstić information content (AvgIpc) is 2.31. The molecule has 0 aliphatic carbocycles. The van der Waals surface area contributed by atoms with Crippen LogP contribution in [0.2, 0.25) is 0 Å². The largest absolute Gasteiger partial charge is 0.399 e. The summed E-state index contributed by atoms with van der Waals surface area (Å²) in [5.41, 5.74) is 7.85. The number of anilines is 1. The van der Waals surface area contributed by atoms with Crippen LogP contribution >= 0.6 is 0 Å². The monoisotopic (exact) mass is 222 g/mol. The molecule has 1 rings (SSSR count). The molecule has 90 valence electrons. The van der Waals surface area contributed by atoms with E-state index in [1.165, 1.54) is 0 Å². The van der Waals surface area contributed by atoms with Gasteiger partial charge in [0.15, 0.2) is 0 Å². The van der Waals surface area contributed by atoms with E-state index in [0.29, 0.717) is 17.8 Å². The van der Waals surface area contributed by atoms with Crippen molar-refractivity contribution in [3.63, 3.8) is 0 Å². The van der Waals surface area contributed by atoms with Crippen molar-refractivity contribution in [1.29, 1.82) is 0 Å². The van der Waals surface area contributed by atoms with Crippen molar-refractivity contribution >= 4 is 11.6 Å². The van der Waals surface area contributed by atoms with Gasteiger partial charge in [0.25, 0.3) is 5.91 Å². The molecule has 0 unspecified atom stereocenters. The van der Waals surface area contributed by atoms with E-state index in [2.05, 4.69) is 5.32 Å². The number of nitrogen functional groups attached to an aromatic ring is 1. The number of rotatable bonds is 3. The van der Waals surface area contributed by atoms with Crippen LogP contribution in [-0.2, 0) is 0 Å². The number of hydrogen-bond donors (Lipinski definition) is 2. The minimum absolute atomic E-state index is 0.0448. The summed E-state index contributed by atoms with van der Waals surface area (Å²) in [5.74, 6) is -0.0448. The van der Waals surface area contributed by atoms with Gasteiger partial charge in [0.2, 0.25) is 0 Å². The molecule has 0 bridgehead atoms. The van der Waals surface area contributed by atoms with E-state index in [1.54, 1.807) is 12.1 Å². The third kappa shape index (κ3) is 4.34. The van der Waals surface area contributed by atoms with Gasteiger partial charge in [0.05, 0.1) is 0 Å². The minimum Gasteiger partial charge on any atom is -0.399 e. The molecule has 0 radical (unpaired) electrons. The second-order valence-corrected chi connectivity index (χ2v) is 3.33. The number of carbonyl (C=O) groups is 1. The molecule has 0 aliphatic heterocycles. The lowest BCUT2D eigenvalue weighted by Crippen LogP contribution is -2.24. The number of nitrogens with two attached hydrogens (primary N) is 1. The molecule has 16 heavy (non-hydrogen) atoms. The molecule has 0 aliphatic rings. The molecule has 1 aromatic carbocycles. The zero-order chi connectivity index (χ0) is 12.6. The van der Waals surface area contributed by atoms with Gasteiger partial charge in [-0.05, 0) is 31.0 Å². The van der Waals surface area contributed by atoms with Crippen molar-refractivity contribution < 1.29 is 4.79 Å². The quantitative estimate of drug-likeness (QED) is 0.773. The van der Waals surface area contributed by atoms with Gasteiger partial charge in [0.1, 0.15) is 0 Å². The molecule has 0 heterocycles. The summed E-state index contributed by atoms with van der Waals surface area (Å²) in [6.07, 6.45) is 0.938. The highest BCUT2D eigenvalue weighted by atomic mass is 16.1. The first-order chi connectivity index (χ1) is 7.65. The summed E-state index contributed by atoms with van der Waals surface area (Å²) >= 11 is 0. The standard InChI is InChI=1S/C11H16N2O.C2H6/c1-3-6-13-11(14)10-7-9(12)5-4-8(10)2;1-2/h4-5,7H,3,6,12H2,1-2H3,(H,13,14);1-2H3. The summed E-state index contributed by atoms with van der Waals surface area (Å²) in [7, 11) is 0. The highest BCUT2D eigenvalue weighted by molar-refractivity contribution is 5.96. The third-order valence-electron chi connectivity index (χ3n) is 2.04. The minimum atomic E-state index is -0.0448. The van der Waals surface area contributed by atoms with Crippen molar-refractivity contribution in [2.45, 2.75) is 34.1 Å². The number of carbonyl (C=O) groups excluding carboxylic acids is 1. The first-order valence-electron chi connectivity index (χ1n) is 5.79. The highest BCUT2D eigenvalue weighted by Crippen LogP contribution is 2.12. The van der Waals surface area contributed by atoms with Crippen LogP contribution in [0.1, 0.15) is 43.1 Å². The number of amides is 1. The second-order valence-electron chi connectivity index (χ2n) is 3.33. The smallest absolute Gasteiger partial charge is 0.251 e. The number of hydrogen-bond acceptors (Lipinski definition) is 2. The van der Waals surface area contributed by atoms with Gasteiger partial charge in [-0.25, -0.2) is 0 Å². The van der Waals surface area contributed by atoms with Gasteiger partial charge in [-0.2, -0.15) is 0 Å². The van der Waals surface area contributed by atoms with Gasteiger partial charge >= 0.3 is 0 Å². The Hall–Kier alpha value is -1.51. The molecule has 1 amide bonds. The van der Waals surface area contributed by atoms with Crippen molar-refractivity contribution in [3.8, 4) is 0 Å². The molecule has 1 aromatic rings. The first-order valence-corrected chi connectivity index (χ1v) is 5.79. The molecule has 3 nitrogen and oxygen atoms in total. The average molecular weight is 222 g/mol. The highest BCUT2D eigenvalue weighted by Gasteiger charge is 2.07. The normalized spacial score (nSPS) is 9.00. The molecule has 0 aromatic heterocycles. The Bertz CT molecular complexity index is 335. The number of benzene rings is 1. The Morgan fingerprint density at radius 2 is 2.00 bits per heavy atom. The number of aryl methyl sites for hydroxylation is 1. The van der Waals surface area contributed by atoms with E-state index >= 15 is 0 Å². The molecule has 3 N–H and O–H groups in total. The van der Waals surface area contributed by atoms with Crippen LogP contribution in [0.3, 0.4) is 0 Å². The number of nitrogens with one attached hydrogen (secondary N) is 1. The van der Waals surface area contributed by atoms with Crippen LogP contribution < -0.4 is 11.1 Å². The molecule has 0 spiro atoms. The lowest BCUT2D eigenvalue weighted by atomic mass is 10.1. The Morgan fingerprint density at radius 1 is 1.38 bits per heavy atom. The van der Waals surface area contributed by atoms with Crippen molar-refractivity contribution in [1.82, 2.24) is 5.32 Å². The molecular formula is C13H22N2O. The third-order valence-corrected chi connectivity index (χ3v) is 2.04. The Balaban J connectivity index is 0.00000106. The fraction of sp³-hybridized carbons (Fsp3) is 0.462. The molecule has 0 saturated heterocycles. The zero-order valence-corrected chi connectivity index (χ0v) is 10.6. The predicted molar refractivity (Wildman–Crippen MR) is 69.6 cm³/mol. The van der Waals surface area contributed by atoms with Crippen LogP contribution in [0.5, 0.6) is 0 Å². The van der Waals surface area contributed by atoms with Crippen molar-refractivity contribution in [3.05, 3.63) is 29.3 Å². The van der Waals surface area contributed by atoms with E-state index in [1.807, 2.05) is 33.8 Å². The van der Waals surface area contributed by atoms with Gasteiger partial charge < -0.3 is 11.1 Å². The zero-order valence-electron chi connectivity index (χ0n) is 10.6. The van der Waals surface area contributed by atoms with Gasteiger partial charge in [0, 0.05) is 17.8 Å². The maximum Gasteiger partial charge on any atom is 0.251 e. The van der Waals surface area contributed by atoms with Crippen LogP contribution in [0.4, 0.5) is 5.69 Å². The maximum atomic E-state index is 11.6. The molecule has 0 atom stereocenters. The topological polar surface area (TPSA) is 55.1 Å². The van der Waals surface area contributed by atoms with E-state index in [-0.39, 0.29) is 5.91 Å². The van der Waals surface area contributed by atoms with Crippen molar-refractivity contribution in [2.75, 3.05) is 12.3 Å². The Morgan fingerprint density at radius 3 is 2.56 bits per heavy atom. The molecular weight excluding hydrogens is 200 g/mol. The van der Waals surface area contributed by atoms with Crippen LogP contribution in [0, 0.1) is 6.92 Å². The summed E-state index contributed by atoms with van der Waals surface area (Å²) in [4.78, 5) is 11.6. The Kier molecular flexibility index (Phi) is 7.01. The SMILES string of the molecule is CC.CCCNC(=O)c1cc(N)ccc1C. The van der Waals surface area contributed by atoms with Gasteiger partial charge in [-0.1, -0.05) is 26.8 Å². The summed E-state index contributed by atoms with van der Waals surface area (Å²) in [5, 5.41) is 2.82. The lowest BCUT2D eigenvalue weighted by molar-refractivity contribution is 0.0953. The summed E-state index contributed by atoms with van der Waals surface area (Å²) < 4.78 is 0. The van der Waals surface area contributed by atoms with E-state index in [0.717, 1.165) is 12.0 Å². The van der Waals surface area contributed by atoms with E-state index in [4.69, 9.17) is 5.73 Å². The van der Waals surface area contributed by atoms with Gasteiger partial charge in [-0.3, -0.25) is 4.79 Å². The fourth-order valence-corrected chi connectivity index (χ4v) is 1.22. The summed E-state index contributed by atoms with van der Waals surface area (Å²) in [6.45, 7) is 8.62. The molecule has 0 fully saturated rings. The fourth-order valence-electron chi connectivity index (χ4n) is 1.22. The van der Waals surface area contributed by atoms with Gasteiger partial charge in [-0.15, -0.1) is 0 Å². The first kappa shape index (κ1) is 14.5. The Labute approximate surface area is 98.0 Å².